The van der Waals surface area contributed by atoms with Crippen LogP contribution in [0.25, 0.3) is 0 Å². The summed E-state index contributed by atoms with van der Waals surface area (Å²) in [6.45, 7) is 7.76. The number of Topliss-reactive ketones (excluding diaryl/α,β-unsaturated/α-hetero) is 1. The SMILES string of the molecule is CCCCS(=O)(=O)N(C)c1ccc(OCc2cn(CCOCCOCC(=O)C(C)C)nn2)cc1. The van der Waals surface area contributed by atoms with Crippen LogP contribution in [0.2, 0.25) is 0 Å². The zero-order chi connectivity index (χ0) is 25.0. The van der Waals surface area contributed by atoms with Crippen molar-refractivity contribution >= 4 is 21.5 Å². The van der Waals surface area contributed by atoms with Crippen molar-refractivity contribution in [3.05, 3.63) is 36.2 Å². The molecule has 0 unspecified atom stereocenters. The number of aromatic nitrogens is 3. The van der Waals surface area contributed by atoms with Crippen molar-refractivity contribution in [2.75, 3.05) is 43.5 Å². The molecule has 0 atom stereocenters. The highest BCUT2D eigenvalue weighted by atomic mass is 32.2. The summed E-state index contributed by atoms with van der Waals surface area (Å²) in [5.74, 6) is 0.797. The average molecular weight is 497 g/mol. The molecular weight excluding hydrogens is 460 g/mol. The molecule has 1 aromatic heterocycles. The second-order valence-electron chi connectivity index (χ2n) is 8.18. The predicted octanol–water partition coefficient (Wildman–Crippen LogP) is 2.68. The van der Waals surface area contributed by atoms with Crippen LogP contribution in [0.1, 0.15) is 39.3 Å². The van der Waals surface area contributed by atoms with Crippen LogP contribution < -0.4 is 9.04 Å². The lowest BCUT2D eigenvalue weighted by Crippen LogP contribution is -2.28. The Morgan fingerprint density at radius 1 is 1.12 bits per heavy atom. The summed E-state index contributed by atoms with van der Waals surface area (Å²) in [5, 5.41) is 8.14. The van der Waals surface area contributed by atoms with Crippen LogP contribution in [0.4, 0.5) is 5.69 Å². The monoisotopic (exact) mass is 496 g/mol. The van der Waals surface area contributed by atoms with E-state index >= 15 is 0 Å². The van der Waals surface area contributed by atoms with Crippen LogP contribution in [0, 0.1) is 5.92 Å². The van der Waals surface area contributed by atoms with Crippen molar-refractivity contribution in [3.8, 4) is 5.75 Å². The Balaban J connectivity index is 1.69. The molecule has 0 saturated heterocycles. The van der Waals surface area contributed by atoms with Crippen molar-refractivity contribution in [3.63, 3.8) is 0 Å². The second-order valence-corrected chi connectivity index (χ2v) is 10.3. The number of hydrogen-bond donors (Lipinski definition) is 0. The lowest BCUT2D eigenvalue weighted by atomic mass is 10.1. The Bertz CT molecular complexity index is 976. The standard InChI is InChI=1S/C23H36N4O6S/c1-5-6-15-34(29,30)26(4)21-7-9-22(10-8-21)33-17-20-16-27(25-24-20)11-12-31-13-14-32-18-23(28)19(2)3/h7-10,16,19H,5-6,11-15,17-18H2,1-4H3. The summed E-state index contributed by atoms with van der Waals surface area (Å²) in [6.07, 6.45) is 3.24. The van der Waals surface area contributed by atoms with Gasteiger partial charge in [0.2, 0.25) is 10.0 Å². The molecule has 11 heteroatoms. The molecule has 2 aromatic rings. The third kappa shape index (κ3) is 9.40. The summed E-state index contributed by atoms with van der Waals surface area (Å²) >= 11 is 0. The molecule has 190 valence electrons. The van der Waals surface area contributed by atoms with E-state index in [-0.39, 0.29) is 30.7 Å². The van der Waals surface area contributed by atoms with Crippen molar-refractivity contribution < 1.29 is 27.4 Å². The van der Waals surface area contributed by atoms with Crippen molar-refractivity contribution in [1.29, 1.82) is 0 Å². The number of anilines is 1. The fourth-order valence-corrected chi connectivity index (χ4v) is 4.14. The Labute approximate surface area is 202 Å². The molecule has 1 aromatic carbocycles. The molecule has 1 heterocycles. The molecule has 34 heavy (non-hydrogen) atoms. The van der Waals surface area contributed by atoms with Crippen molar-refractivity contribution in [1.82, 2.24) is 15.0 Å². The number of ether oxygens (including phenoxy) is 3. The van der Waals surface area contributed by atoms with Gasteiger partial charge in [0.1, 0.15) is 24.7 Å². The maximum absolute atomic E-state index is 12.3. The van der Waals surface area contributed by atoms with Gasteiger partial charge in [-0.15, -0.1) is 5.10 Å². The first kappa shape index (κ1) is 27.7. The molecule has 10 nitrogen and oxygen atoms in total. The first-order valence-corrected chi connectivity index (χ1v) is 13.1. The van der Waals surface area contributed by atoms with Gasteiger partial charge in [0.25, 0.3) is 0 Å². The molecule has 0 amide bonds. The van der Waals surface area contributed by atoms with Gasteiger partial charge in [0, 0.05) is 13.0 Å². The largest absolute Gasteiger partial charge is 0.487 e. The first-order valence-electron chi connectivity index (χ1n) is 11.5. The summed E-state index contributed by atoms with van der Waals surface area (Å²) in [7, 11) is -1.76. The Kier molecular flexibility index (Phi) is 11.4. The molecule has 0 saturated carbocycles. The molecule has 0 bridgehead atoms. The van der Waals surface area contributed by atoms with Crippen LogP contribution in [-0.4, -0.2) is 68.4 Å². The fraction of sp³-hybridized carbons (Fsp3) is 0.609. The molecule has 2 rings (SSSR count). The number of carbonyl (C=O) groups is 1. The number of unbranched alkanes of at least 4 members (excludes halogenated alkanes) is 1. The Morgan fingerprint density at radius 2 is 1.82 bits per heavy atom. The van der Waals surface area contributed by atoms with E-state index in [1.807, 2.05) is 20.8 Å². The highest BCUT2D eigenvalue weighted by molar-refractivity contribution is 7.92. The van der Waals surface area contributed by atoms with Gasteiger partial charge in [-0.25, -0.2) is 13.1 Å². The van der Waals surface area contributed by atoms with Crippen molar-refractivity contribution in [2.24, 2.45) is 5.92 Å². The Morgan fingerprint density at radius 3 is 2.50 bits per heavy atom. The van der Waals surface area contributed by atoms with Gasteiger partial charge in [-0.1, -0.05) is 32.4 Å². The topological polar surface area (TPSA) is 113 Å². The van der Waals surface area contributed by atoms with Crippen LogP contribution in [0.15, 0.2) is 30.5 Å². The van der Waals surface area contributed by atoms with E-state index < -0.39 is 10.0 Å². The zero-order valence-corrected chi connectivity index (χ0v) is 21.3. The normalized spacial score (nSPS) is 11.7. The van der Waals surface area contributed by atoms with Gasteiger partial charge in [0.15, 0.2) is 5.78 Å². The van der Waals surface area contributed by atoms with E-state index in [1.54, 1.807) is 42.2 Å². The molecule has 0 aliphatic carbocycles. The maximum Gasteiger partial charge on any atom is 0.234 e. The zero-order valence-electron chi connectivity index (χ0n) is 20.5. The van der Waals surface area contributed by atoms with Gasteiger partial charge in [-0.3, -0.25) is 9.10 Å². The smallest absolute Gasteiger partial charge is 0.234 e. The predicted molar refractivity (Wildman–Crippen MR) is 129 cm³/mol. The first-order chi connectivity index (χ1) is 16.2. The molecule has 0 radical (unpaired) electrons. The lowest BCUT2D eigenvalue weighted by Gasteiger charge is -2.19. The summed E-state index contributed by atoms with van der Waals surface area (Å²) in [4.78, 5) is 11.5. The van der Waals surface area contributed by atoms with Crippen LogP contribution in [0.5, 0.6) is 5.75 Å². The second kappa shape index (κ2) is 14.0. The minimum atomic E-state index is -3.32. The summed E-state index contributed by atoms with van der Waals surface area (Å²) < 4.78 is 44.1. The number of sulfonamides is 1. The maximum atomic E-state index is 12.3. The minimum Gasteiger partial charge on any atom is -0.487 e. The summed E-state index contributed by atoms with van der Waals surface area (Å²) in [5.41, 5.74) is 1.25. The van der Waals surface area contributed by atoms with Gasteiger partial charge >= 0.3 is 0 Å². The fourth-order valence-electron chi connectivity index (χ4n) is 2.77. The Hall–Kier alpha value is -2.50. The quantitative estimate of drug-likeness (QED) is 0.307. The van der Waals surface area contributed by atoms with Gasteiger partial charge in [-0.2, -0.15) is 0 Å². The van der Waals surface area contributed by atoms with E-state index in [0.717, 1.165) is 6.42 Å². The third-order valence-corrected chi connectivity index (χ3v) is 6.92. The highest BCUT2D eigenvalue weighted by Crippen LogP contribution is 2.22. The number of rotatable bonds is 17. The summed E-state index contributed by atoms with van der Waals surface area (Å²) in [6, 6.07) is 6.90. The molecule has 0 N–H and O–H groups in total. The number of benzene rings is 1. The van der Waals surface area contributed by atoms with Crippen LogP contribution >= 0.6 is 0 Å². The van der Waals surface area contributed by atoms with E-state index in [1.165, 1.54) is 4.31 Å². The average Bonchev–Trinajstić information content (AvgIpc) is 3.28. The lowest BCUT2D eigenvalue weighted by molar-refractivity contribution is -0.127. The highest BCUT2D eigenvalue weighted by Gasteiger charge is 2.17. The number of ketones is 1. The number of carbonyl (C=O) groups excluding carboxylic acids is 1. The minimum absolute atomic E-state index is 0.0217. The number of nitrogens with zero attached hydrogens (tertiary/aromatic N) is 4. The molecule has 0 spiro atoms. The van der Waals surface area contributed by atoms with E-state index in [4.69, 9.17) is 14.2 Å². The molecule has 0 aliphatic rings. The molecule has 0 fully saturated rings. The third-order valence-electron chi connectivity index (χ3n) is 5.07. The van der Waals surface area contributed by atoms with Crippen LogP contribution in [-0.2, 0) is 37.4 Å². The van der Waals surface area contributed by atoms with Gasteiger partial charge < -0.3 is 14.2 Å². The van der Waals surface area contributed by atoms with Crippen molar-refractivity contribution in [2.45, 2.75) is 46.8 Å². The molecular formula is C23H36N4O6S. The van der Waals surface area contributed by atoms with Crippen LogP contribution in [0.3, 0.4) is 0 Å². The van der Waals surface area contributed by atoms with E-state index in [0.29, 0.717) is 49.9 Å². The molecule has 0 aliphatic heterocycles. The van der Waals surface area contributed by atoms with E-state index in [9.17, 15) is 13.2 Å². The van der Waals surface area contributed by atoms with Gasteiger partial charge in [-0.05, 0) is 30.7 Å². The van der Waals surface area contributed by atoms with Gasteiger partial charge in [0.05, 0.1) is 44.0 Å². The number of hydrogen-bond acceptors (Lipinski definition) is 8. The van der Waals surface area contributed by atoms with E-state index in [2.05, 4.69) is 10.3 Å².